The van der Waals surface area contributed by atoms with Gasteiger partial charge >= 0.3 is 0 Å². The first-order valence-electron chi connectivity index (χ1n) is 7.35. The molecule has 0 bridgehead atoms. The van der Waals surface area contributed by atoms with Crippen LogP contribution in [0.25, 0.3) is 0 Å². The zero-order valence-corrected chi connectivity index (χ0v) is 12.7. The van der Waals surface area contributed by atoms with Gasteiger partial charge in [0.25, 0.3) is 0 Å². The molecule has 21 heavy (non-hydrogen) atoms. The lowest BCUT2D eigenvalue weighted by atomic mass is 10.1. The first-order chi connectivity index (χ1) is 10.1. The molecule has 0 heterocycles. The lowest BCUT2D eigenvalue weighted by Gasteiger charge is -2.27. The van der Waals surface area contributed by atoms with Gasteiger partial charge in [-0.3, -0.25) is 4.90 Å². The molecule has 0 aromatic heterocycles. The van der Waals surface area contributed by atoms with Crippen molar-refractivity contribution in [3.8, 4) is 0 Å². The van der Waals surface area contributed by atoms with Gasteiger partial charge in [-0.2, -0.15) is 0 Å². The van der Waals surface area contributed by atoms with Crippen LogP contribution in [0.1, 0.15) is 30.5 Å². The SMILES string of the molecule is CC(C)N(Cc1ccccc1)Cc1ccc(F)c(CN)c1. The van der Waals surface area contributed by atoms with Crippen molar-refractivity contribution in [3.63, 3.8) is 0 Å². The normalized spacial score (nSPS) is 11.3. The molecule has 3 heteroatoms. The first kappa shape index (κ1) is 15.7. The molecule has 0 spiro atoms. The average Bonchev–Trinajstić information content (AvgIpc) is 2.49. The molecule has 0 saturated carbocycles. The Bertz CT molecular complexity index is 567. The highest BCUT2D eigenvalue weighted by Gasteiger charge is 2.12. The highest BCUT2D eigenvalue weighted by Crippen LogP contribution is 2.16. The minimum Gasteiger partial charge on any atom is -0.326 e. The molecule has 0 aliphatic carbocycles. The molecule has 2 aromatic rings. The van der Waals surface area contributed by atoms with Gasteiger partial charge in [-0.1, -0.05) is 42.5 Å². The van der Waals surface area contributed by atoms with Crippen LogP contribution in [0, 0.1) is 5.82 Å². The van der Waals surface area contributed by atoms with E-state index in [1.807, 2.05) is 18.2 Å². The summed E-state index contributed by atoms with van der Waals surface area (Å²) in [6.07, 6.45) is 0. The van der Waals surface area contributed by atoms with E-state index in [0.717, 1.165) is 18.7 Å². The Kier molecular flexibility index (Phi) is 5.48. The fourth-order valence-corrected chi connectivity index (χ4v) is 2.36. The van der Waals surface area contributed by atoms with Gasteiger partial charge in [0.2, 0.25) is 0 Å². The number of nitrogens with zero attached hydrogens (tertiary/aromatic N) is 1. The van der Waals surface area contributed by atoms with E-state index in [1.54, 1.807) is 0 Å². The predicted octanol–water partition coefficient (Wildman–Crippen LogP) is 3.70. The summed E-state index contributed by atoms with van der Waals surface area (Å²) in [6, 6.07) is 16.0. The summed E-state index contributed by atoms with van der Waals surface area (Å²) in [6.45, 7) is 6.26. The van der Waals surface area contributed by atoms with E-state index in [1.165, 1.54) is 11.6 Å². The lowest BCUT2D eigenvalue weighted by Crippen LogP contribution is -2.29. The minimum atomic E-state index is -0.222. The van der Waals surface area contributed by atoms with Gasteiger partial charge in [-0.15, -0.1) is 0 Å². The number of nitrogens with two attached hydrogens (primary N) is 1. The van der Waals surface area contributed by atoms with Crippen molar-refractivity contribution >= 4 is 0 Å². The molecule has 2 nitrogen and oxygen atoms in total. The average molecular weight is 286 g/mol. The van der Waals surface area contributed by atoms with E-state index in [4.69, 9.17) is 5.73 Å². The lowest BCUT2D eigenvalue weighted by molar-refractivity contribution is 0.203. The van der Waals surface area contributed by atoms with Crippen molar-refractivity contribution in [1.29, 1.82) is 0 Å². The Morgan fingerprint density at radius 3 is 2.29 bits per heavy atom. The van der Waals surface area contributed by atoms with Gasteiger partial charge < -0.3 is 5.73 Å². The van der Waals surface area contributed by atoms with Crippen LogP contribution in [-0.2, 0) is 19.6 Å². The standard InChI is InChI=1S/C18H23FN2/c1-14(2)21(12-15-6-4-3-5-7-15)13-16-8-9-18(19)17(10-16)11-20/h3-10,14H,11-13,20H2,1-2H3. The molecule has 0 amide bonds. The molecule has 2 rings (SSSR count). The van der Waals surface area contributed by atoms with E-state index in [2.05, 4.69) is 43.0 Å². The van der Waals surface area contributed by atoms with Gasteiger partial charge in [0.15, 0.2) is 0 Å². The number of benzene rings is 2. The molecule has 2 N–H and O–H groups in total. The van der Waals surface area contributed by atoms with Crippen LogP contribution >= 0.6 is 0 Å². The monoisotopic (exact) mass is 286 g/mol. The van der Waals surface area contributed by atoms with E-state index < -0.39 is 0 Å². The van der Waals surface area contributed by atoms with Gasteiger partial charge in [0.1, 0.15) is 5.82 Å². The van der Waals surface area contributed by atoms with Crippen LogP contribution < -0.4 is 5.73 Å². The van der Waals surface area contributed by atoms with Crippen molar-refractivity contribution < 1.29 is 4.39 Å². The zero-order chi connectivity index (χ0) is 15.2. The first-order valence-corrected chi connectivity index (χ1v) is 7.35. The van der Waals surface area contributed by atoms with E-state index in [9.17, 15) is 4.39 Å². The van der Waals surface area contributed by atoms with Crippen molar-refractivity contribution in [3.05, 3.63) is 71.0 Å². The second-order valence-electron chi connectivity index (χ2n) is 5.61. The van der Waals surface area contributed by atoms with E-state index >= 15 is 0 Å². The largest absolute Gasteiger partial charge is 0.326 e. The Balaban J connectivity index is 2.13. The fourth-order valence-electron chi connectivity index (χ4n) is 2.36. The summed E-state index contributed by atoms with van der Waals surface area (Å²) in [7, 11) is 0. The van der Waals surface area contributed by atoms with E-state index in [-0.39, 0.29) is 12.4 Å². The third kappa shape index (κ3) is 4.38. The highest BCUT2D eigenvalue weighted by atomic mass is 19.1. The quantitative estimate of drug-likeness (QED) is 0.877. The molecule has 0 radical (unpaired) electrons. The molecule has 0 atom stereocenters. The van der Waals surface area contributed by atoms with Crippen LogP contribution in [0.4, 0.5) is 4.39 Å². The number of hydrogen-bond donors (Lipinski definition) is 1. The summed E-state index contributed by atoms with van der Waals surface area (Å²) < 4.78 is 13.5. The summed E-state index contributed by atoms with van der Waals surface area (Å²) >= 11 is 0. The highest BCUT2D eigenvalue weighted by molar-refractivity contribution is 5.25. The van der Waals surface area contributed by atoms with E-state index in [0.29, 0.717) is 11.6 Å². The molecule has 112 valence electrons. The molecule has 0 aliphatic rings. The van der Waals surface area contributed by atoms with Crippen LogP contribution in [0.15, 0.2) is 48.5 Å². The molecular weight excluding hydrogens is 263 g/mol. The van der Waals surface area contributed by atoms with Crippen molar-refractivity contribution in [2.24, 2.45) is 5.73 Å². The molecule has 0 unspecified atom stereocenters. The van der Waals surface area contributed by atoms with Gasteiger partial charge in [-0.05, 0) is 31.0 Å². The topological polar surface area (TPSA) is 29.3 Å². The Hall–Kier alpha value is -1.71. The maximum atomic E-state index is 13.5. The zero-order valence-electron chi connectivity index (χ0n) is 12.7. The Morgan fingerprint density at radius 1 is 1.00 bits per heavy atom. The second kappa shape index (κ2) is 7.34. The number of halogens is 1. The summed E-state index contributed by atoms with van der Waals surface area (Å²) in [4.78, 5) is 2.36. The van der Waals surface area contributed by atoms with Gasteiger partial charge in [0.05, 0.1) is 0 Å². The predicted molar refractivity (Wildman–Crippen MR) is 85.1 cm³/mol. The fraction of sp³-hybridized carbons (Fsp3) is 0.333. The molecule has 0 aliphatic heterocycles. The summed E-state index contributed by atoms with van der Waals surface area (Å²) in [5.74, 6) is -0.222. The van der Waals surface area contributed by atoms with Crippen LogP contribution in [0.5, 0.6) is 0 Å². The Labute approximate surface area is 126 Å². The molecule has 2 aromatic carbocycles. The van der Waals surface area contributed by atoms with Crippen LogP contribution in [0.2, 0.25) is 0 Å². The van der Waals surface area contributed by atoms with Gasteiger partial charge in [-0.25, -0.2) is 4.39 Å². The Morgan fingerprint density at radius 2 is 1.67 bits per heavy atom. The van der Waals surface area contributed by atoms with Crippen molar-refractivity contribution in [2.45, 2.75) is 39.5 Å². The second-order valence-corrected chi connectivity index (χ2v) is 5.61. The third-order valence-corrected chi connectivity index (χ3v) is 3.67. The molecule has 0 saturated heterocycles. The molecular formula is C18H23FN2. The van der Waals surface area contributed by atoms with Gasteiger partial charge in [0, 0.05) is 31.2 Å². The summed E-state index contributed by atoms with van der Waals surface area (Å²) in [5.41, 5.74) is 8.54. The smallest absolute Gasteiger partial charge is 0.127 e. The maximum Gasteiger partial charge on any atom is 0.127 e. The van der Waals surface area contributed by atoms with Crippen molar-refractivity contribution in [2.75, 3.05) is 0 Å². The number of hydrogen-bond acceptors (Lipinski definition) is 2. The van der Waals surface area contributed by atoms with Crippen LogP contribution in [-0.4, -0.2) is 10.9 Å². The number of rotatable bonds is 6. The molecule has 0 fully saturated rings. The summed E-state index contributed by atoms with van der Waals surface area (Å²) in [5, 5.41) is 0. The third-order valence-electron chi connectivity index (χ3n) is 3.67. The maximum absolute atomic E-state index is 13.5. The van der Waals surface area contributed by atoms with Crippen LogP contribution in [0.3, 0.4) is 0 Å². The van der Waals surface area contributed by atoms with Crippen molar-refractivity contribution in [1.82, 2.24) is 4.90 Å². The minimum absolute atomic E-state index is 0.222.